The Morgan fingerprint density at radius 1 is 1.38 bits per heavy atom. The summed E-state index contributed by atoms with van der Waals surface area (Å²) in [6, 6.07) is 0. The highest BCUT2D eigenvalue weighted by molar-refractivity contribution is 5.82. The third-order valence-electron chi connectivity index (χ3n) is 5.80. The lowest BCUT2D eigenvalue weighted by Gasteiger charge is -2.24. The molecule has 116 valence electrons. The molecule has 4 fully saturated rings. The van der Waals surface area contributed by atoms with E-state index >= 15 is 0 Å². The predicted octanol–water partition coefficient (Wildman–Crippen LogP) is 0.738. The lowest BCUT2D eigenvalue weighted by Crippen LogP contribution is -2.36. The van der Waals surface area contributed by atoms with Crippen molar-refractivity contribution in [3.63, 3.8) is 0 Å². The van der Waals surface area contributed by atoms with Crippen molar-refractivity contribution in [2.45, 2.75) is 32.3 Å². The molecule has 21 heavy (non-hydrogen) atoms. The maximum Gasteiger partial charge on any atom is 0.226 e. The van der Waals surface area contributed by atoms with Gasteiger partial charge in [0.15, 0.2) is 0 Å². The van der Waals surface area contributed by atoms with Crippen LogP contribution in [0.1, 0.15) is 26.2 Å². The Bertz CT molecular complexity index is 466. The molecule has 0 bridgehead atoms. The van der Waals surface area contributed by atoms with E-state index in [-0.39, 0.29) is 17.9 Å². The number of rotatable bonds is 3. The standard InChI is InChI=1S/C16H24N2O3/c1-10-5-12(10)16(20)18-7-13-11(9-21-14(13)8-18)6-17-4-2-3-15(17)19/h10-14H,2-9H2,1H3/t10?,11-,12?,13-,14-/m1/s1. The van der Waals surface area contributed by atoms with E-state index in [1.807, 2.05) is 9.80 Å². The van der Waals surface area contributed by atoms with Crippen molar-refractivity contribution in [1.29, 1.82) is 0 Å². The number of carbonyl (C=O) groups excluding carboxylic acids is 2. The van der Waals surface area contributed by atoms with Crippen LogP contribution in [0.5, 0.6) is 0 Å². The van der Waals surface area contributed by atoms with Gasteiger partial charge in [0.25, 0.3) is 0 Å². The van der Waals surface area contributed by atoms with E-state index in [1.165, 1.54) is 0 Å². The summed E-state index contributed by atoms with van der Waals surface area (Å²) < 4.78 is 5.91. The average molecular weight is 292 g/mol. The first kappa shape index (κ1) is 13.6. The number of likely N-dealkylation sites (tertiary alicyclic amines) is 2. The van der Waals surface area contributed by atoms with Crippen LogP contribution in [-0.2, 0) is 14.3 Å². The number of amides is 2. The van der Waals surface area contributed by atoms with Crippen molar-refractivity contribution in [2.24, 2.45) is 23.7 Å². The van der Waals surface area contributed by atoms with Crippen molar-refractivity contribution in [3.8, 4) is 0 Å². The summed E-state index contributed by atoms with van der Waals surface area (Å²) in [6.07, 6.45) is 2.94. The van der Waals surface area contributed by atoms with E-state index in [2.05, 4.69) is 6.92 Å². The molecule has 5 heteroatoms. The van der Waals surface area contributed by atoms with Crippen LogP contribution >= 0.6 is 0 Å². The molecule has 0 aromatic carbocycles. The maximum absolute atomic E-state index is 12.4. The summed E-state index contributed by atoms with van der Waals surface area (Å²) in [7, 11) is 0. The van der Waals surface area contributed by atoms with E-state index < -0.39 is 0 Å². The van der Waals surface area contributed by atoms with Crippen LogP contribution in [-0.4, -0.2) is 60.5 Å². The highest BCUT2D eigenvalue weighted by atomic mass is 16.5. The SMILES string of the molecule is CC1CC1C(=O)N1C[C@@H]2[C@H](CN3CCCC3=O)CO[C@@H]2C1. The summed E-state index contributed by atoms with van der Waals surface area (Å²) in [6.45, 7) is 6.21. The van der Waals surface area contributed by atoms with E-state index in [9.17, 15) is 9.59 Å². The molecule has 3 heterocycles. The first-order valence-corrected chi connectivity index (χ1v) is 8.31. The van der Waals surface area contributed by atoms with Crippen LogP contribution in [0.3, 0.4) is 0 Å². The minimum absolute atomic E-state index is 0.200. The van der Waals surface area contributed by atoms with Crippen molar-refractivity contribution >= 4 is 11.8 Å². The van der Waals surface area contributed by atoms with Crippen molar-refractivity contribution in [2.75, 3.05) is 32.8 Å². The zero-order chi connectivity index (χ0) is 14.6. The monoisotopic (exact) mass is 292 g/mol. The smallest absolute Gasteiger partial charge is 0.226 e. The number of fused-ring (bicyclic) bond motifs is 1. The summed E-state index contributed by atoms with van der Waals surface area (Å²) in [5, 5.41) is 0. The average Bonchev–Trinajstić information content (AvgIpc) is 2.83. The van der Waals surface area contributed by atoms with Crippen molar-refractivity contribution in [1.82, 2.24) is 9.80 Å². The van der Waals surface area contributed by atoms with Gasteiger partial charge in [-0.3, -0.25) is 9.59 Å². The second-order valence-corrected chi connectivity index (χ2v) is 7.30. The predicted molar refractivity (Wildman–Crippen MR) is 76.4 cm³/mol. The van der Waals surface area contributed by atoms with E-state index in [0.29, 0.717) is 30.1 Å². The fourth-order valence-corrected chi connectivity index (χ4v) is 4.25. The van der Waals surface area contributed by atoms with E-state index in [1.54, 1.807) is 0 Å². The van der Waals surface area contributed by atoms with Crippen LogP contribution in [0, 0.1) is 23.7 Å². The molecule has 2 unspecified atom stereocenters. The van der Waals surface area contributed by atoms with Gasteiger partial charge in [-0.25, -0.2) is 0 Å². The first-order valence-electron chi connectivity index (χ1n) is 8.31. The molecule has 0 aromatic rings. The Hall–Kier alpha value is -1.10. The fourth-order valence-electron chi connectivity index (χ4n) is 4.25. The van der Waals surface area contributed by atoms with Crippen molar-refractivity contribution < 1.29 is 14.3 Å². The lowest BCUT2D eigenvalue weighted by atomic mass is 9.93. The molecule has 4 rings (SSSR count). The number of carbonyl (C=O) groups is 2. The molecular weight excluding hydrogens is 268 g/mol. The Kier molecular flexibility index (Phi) is 3.21. The summed E-state index contributed by atoms with van der Waals surface area (Å²) in [4.78, 5) is 28.1. The Morgan fingerprint density at radius 2 is 2.19 bits per heavy atom. The van der Waals surface area contributed by atoms with Gasteiger partial charge in [-0.15, -0.1) is 0 Å². The van der Waals surface area contributed by atoms with Crippen LogP contribution < -0.4 is 0 Å². The number of hydrogen-bond acceptors (Lipinski definition) is 3. The summed E-state index contributed by atoms with van der Waals surface area (Å²) in [5.74, 6) is 2.29. The number of ether oxygens (including phenoxy) is 1. The van der Waals surface area contributed by atoms with E-state index in [0.717, 1.165) is 45.6 Å². The van der Waals surface area contributed by atoms with Crippen LogP contribution in [0.2, 0.25) is 0 Å². The third-order valence-corrected chi connectivity index (χ3v) is 5.80. The molecule has 4 aliphatic rings. The molecule has 0 spiro atoms. The second-order valence-electron chi connectivity index (χ2n) is 7.30. The summed E-state index contributed by atoms with van der Waals surface area (Å²) in [5.41, 5.74) is 0. The van der Waals surface area contributed by atoms with Gasteiger partial charge in [-0.2, -0.15) is 0 Å². The lowest BCUT2D eigenvalue weighted by molar-refractivity contribution is -0.133. The van der Waals surface area contributed by atoms with Gasteiger partial charge in [0.05, 0.1) is 12.7 Å². The third kappa shape index (κ3) is 2.35. The molecule has 0 aromatic heterocycles. The highest BCUT2D eigenvalue weighted by Crippen LogP contribution is 2.42. The zero-order valence-electron chi connectivity index (χ0n) is 12.7. The fraction of sp³-hybridized carbons (Fsp3) is 0.875. The topological polar surface area (TPSA) is 49.9 Å². The highest BCUT2D eigenvalue weighted by Gasteiger charge is 2.49. The molecule has 1 aliphatic carbocycles. The van der Waals surface area contributed by atoms with Gasteiger partial charge < -0.3 is 14.5 Å². The minimum Gasteiger partial charge on any atom is -0.376 e. The largest absolute Gasteiger partial charge is 0.376 e. The molecule has 5 atom stereocenters. The van der Waals surface area contributed by atoms with Crippen LogP contribution in [0.25, 0.3) is 0 Å². The molecule has 0 N–H and O–H groups in total. The van der Waals surface area contributed by atoms with Gasteiger partial charge in [-0.05, 0) is 18.8 Å². The second kappa shape index (κ2) is 4.97. The minimum atomic E-state index is 0.200. The van der Waals surface area contributed by atoms with Gasteiger partial charge in [0, 0.05) is 50.4 Å². The molecule has 0 radical (unpaired) electrons. The van der Waals surface area contributed by atoms with Gasteiger partial charge >= 0.3 is 0 Å². The zero-order valence-corrected chi connectivity index (χ0v) is 12.7. The molecular formula is C16H24N2O3. The Morgan fingerprint density at radius 3 is 2.86 bits per heavy atom. The quantitative estimate of drug-likeness (QED) is 0.771. The van der Waals surface area contributed by atoms with Crippen LogP contribution in [0.15, 0.2) is 0 Å². The van der Waals surface area contributed by atoms with E-state index in [4.69, 9.17) is 4.74 Å². The summed E-state index contributed by atoms with van der Waals surface area (Å²) >= 11 is 0. The molecule has 3 aliphatic heterocycles. The Labute approximate surface area is 125 Å². The molecule has 5 nitrogen and oxygen atoms in total. The molecule has 3 saturated heterocycles. The Balaban J connectivity index is 1.37. The normalized spacial score (nSPS) is 41.8. The maximum atomic E-state index is 12.4. The molecule has 2 amide bonds. The number of hydrogen-bond donors (Lipinski definition) is 0. The van der Waals surface area contributed by atoms with Crippen LogP contribution in [0.4, 0.5) is 0 Å². The van der Waals surface area contributed by atoms with Crippen molar-refractivity contribution in [3.05, 3.63) is 0 Å². The van der Waals surface area contributed by atoms with Gasteiger partial charge in [0.2, 0.25) is 11.8 Å². The number of nitrogens with zero attached hydrogens (tertiary/aromatic N) is 2. The first-order chi connectivity index (χ1) is 10.1. The van der Waals surface area contributed by atoms with Gasteiger partial charge in [0.1, 0.15) is 0 Å². The molecule has 1 saturated carbocycles. The van der Waals surface area contributed by atoms with Gasteiger partial charge in [-0.1, -0.05) is 6.92 Å².